The van der Waals surface area contributed by atoms with Crippen LogP contribution in [0.2, 0.25) is 0 Å². The molecule has 0 heterocycles. The summed E-state index contributed by atoms with van der Waals surface area (Å²) < 4.78 is 0. The summed E-state index contributed by atoms with van der Waals surface area (Å²) in [6.07, 6.45) is 4.88. The maximum absolute atomic E-state index is 2.30. The van der Waals surface area contributed by atoms with Gasteiger partial charge in [-0.1, -0.05) is 66.2 Å². The summed E-state index contributed by atoms with van der Waals surface area (Å²) in [6, 6.07) is 19.3. The molecule has 0 atom stereocenters. The van der Waals surface area contributed by atoms with Gasteiger partial charge in [-0.25, -0.2) is 0 Å². The van der Waals surface area contributed by atoms with Crippen LogP contribution in [-0.2, 0) is 0 Å². The molecule has 1 saturated carbocycles. The molecule has 0 bridgehead atoms. The minimum absolute atomic E-state index is 1.29. The van der Waals surface area contributed by atoms with Crippen molar-refractivity contribution in [1.82, 2.24) is 0 Å². The van der Waals surface area contributed by atoms with E-state index in [-0.39, 0.29) is 0 Å². The van der Waals surface area contributed by atoms with Gasteiger partial charge < -0.3 is 0 Å². The maximum Gasteiger partial charge on any atom is -0.0184 e. The van der Waals surface area contributed by atoms with E-state index in [0.717, 1.165) is 0 Å². The molecule has 16 heavy (non-hydrogen) atoms. The summed E-state index contributed by atoms with van der Waals surface area (Å²) in [5.41, 5.74) is 5.48. The smallest absolute Gasteiger partial charge is 0.0184 e. The molecule has 1 aliphatic carbocycles. The number of hydrogen-bond donors (Lipinski definition) is 0. The molecule has 0 radical (unpaired) electrons. The molecule has 0 N–H and O–H groups in total. The first-order valence-electron chi connectivity index (χ1n) is 5.77. The third-order valence-electron chi connectivity index (χ3n) is 2.93. The fraction of sp³-hybridized carbons (Fsp3) is 0.125. The molecule has 2 aromatic rings. The van der Waals surface area contributed by atoms with Gasteiger partial charge >= 0.3 is 0 Å². The van der Waals surface area contributed by atoms with E-state index in [2.05, 4.69) is 60.7 Å². The Hall–Kier alpha value is -1.82. The molecule has 78 valence electrons. The molecule has 1 fully saturated rings. The zero-order chi connectivity index (χ0) is 10.8. The van der Waals surface area contributed by atoms with Crippen molar-refractivity contribution in [2.45, 2.75) is 12.8 Å². The van der Waals surface area contributed by atoms with Gasteiger partial charge in [0.15, 0.2) is 0 Å². The summed E-state index contributed by atoms with van der Waals surface area (Å²) >= 11 is 0. The Morgan fingerprint density at radius 1 is 0.688 bits per heavy atom. The normalized spacial score (nSPS) is 13.6. The quantitative estimate of drug-likeness (QED) is 0.677. The second-order valence-corrected chi connectivity index (χ2v) is 4.29. The van der Waals surface area contributed by atoms with Crippen LogP contribution in [0.25, 0.3) is 17.2 Å². The Kier molecular flexibility index (Phi) is 2.34. The molecular weight excluding hydrogens is 192 g/mol. The summed E-state index contributed by atoms with van der Waals surface area (Å²) in [4.78, 5) is 0. The Labute approximate surface area is 96.3 Å². The van der Waals surface area contributed by atoms with E-state index in [1.54, 1.807) is 5.57 Å². The van der Waals surface area contributed by atoms with E-state index in [1.807, 2.05) is 0 Å². The summed E-state index contributed by atoms with van der Waals surface area (Å²) in [5, 5.41) is 0. The average molecular weight is 206 g/mol. The molecule has 0 heteroatoms. The molecule has 0 aromatic heterocycles. The van der Waals surface area contributed by atoms with Gasteiger partial charge in [0.2, 0.25) is 0 Å². The van der Waals surface area contributed by atoms with E-state index in [1.165, 1.54) is 29.5 Å². The molecule has 0 unspecified atom stereocenters. The fourth-order valence-electron chi connectivity index (χ4n) is 1.85. The largest absolute Gasteiger partial charge is 0.0690 e. The predicted molar refractivity (Wildman–Crippen MR) is 69.1 cm³/mol. The van der Waals surface area contributed by atoms with Crippen LogP contribution in [0.3, 0.4) is 0 Å². The van der Waals surface area contributed by atoms with Crippen LogP contribution in [0, 0.1) is 0 Å². The summed E-state index contributed by atoms with van der Waals surface area (Å²) in [7, 11) is 0. The minimum atomic E-state index is 1.29. The second-order valence-electron chi connectivity index (χ2n) is 4.29. The van der Waals surface area contributed by atoms with Gasteiger partial charge in [0.05, 0.1) is 0 Å². The van der Waals surface area contributed by atoms with Crippen LogP contribution >= 0.6 is 0 Å². The van der Waals surface area contributed by atoms with Crippen molar-refractivity contribution in [2.75, 3.05) is 0 Å². The average Bonchev–Trinajstić information content (AvgIpc) is 3.15. The third kappa shape index (κ3) is 2.06. The third-order valence-corrected chi connectivity index (χ3v) is 2.93. The lowest BCUT2D eigenvalue weighted by atomic mass is 10.0. The van der Waals surface area contributed by atoms with Crippen molar-refractivity contribution in [3.05, 3.63) is 65.7 Å². The predicted octanol–water partition coefficient (Wildman–Crippen LogP) is 4.53. The number of rotatable bonds is 2. The highest BCUT2D eigenvalue weighted by Crippen LogP contribution is 2.30. The molecule has 0 aliphatic heterocycles. The Morgan fingerprint density at radius 2 is 1.31 bits per heavy atom. The summed E-state index contributed by atoms with van der Waals surface area (Å²) in [6.45, 7) is 0. The highest BCUT2D eigenvalue weighted by atomic mass is 14.1. The standard InChI is InChI=1S/C16H14/c1-2-4-15(5-3-1)16-10-8-14(9-11-16)12-13-6-7-13/h1-5,8-12H,6-7H2. The molecule has 1 aliphatic rings. The Bertz CT molecular complexity index is 497. The number of benzene rings is 2. The molecule has 0 saturated heterocycles. The molecule has 2 aromatic carbocycles. The van der Waals surface area contributed by atoms with Crippen LogP contribution in [0.1, 0.15) is 18.4 Å². The van der Waals surface area contributed by atoms with Crippen molar-refractivity contribution in [3.8, 4) is 11.1 Å². The van der Waals surface area contributed by atoms with Crippen LogP contribution in [0.4, 0.5) is 0 Å². The number of allylic oxidation sites excluding steroid dienone is 1. The van der Waals surface area contributed by atoms with Gasteiger partial charge in [-0.2, -0.15) is 0 Å². The lowest BCUT2D eigenvalue weighted by Gasteiger charge is -2.01. The van der Waals surface area contributed by atoms with Crippen molar-refractivity contribution in [3.63, 3.8) is 0 Å². The zero-order valence-corrected chi connectivity index (χ0v) is 9.19. The van der Waals surface area contributed by atoms with E-state index in [9.17, 15) is 0 Å². The van der Waals surface area contributed by atoms with Crippen molar-refractivity contribution < 1.29 is 0 Å². The summed E-state index contributed by atoms with van der Waals surface area (Å²) in [5.74, 6) is 0. The Morgan fingerprint density at radius 3 is 1.94 bits per heavy atom. The lowest BCUT2D eigenvalue weighted by molar-refractivity contribution is 1.50. The van der Waals surface area contributed by atoms with Crippen LogP contribution in [-0.4, -0.2) is 0 Å². The zero-order valence-electron chi connectivity index (χ0n) is 9.19. The molecular formula is C16H14. The van der Waals surface area contributed by atoms with Gasteiger partial charge in [-0.15, -0.1) is 0 Å². The van der Waals surface area contributed by atoms with Gasteiger partial charge in [0.1, 0.15) is 0 Å². The fourth-order valence-corrected chi connectivity index (χ4v) is 1.85. The van der Waals surface area contributed by atoms with E-state index < -0.39 is 0 Å². The minimum Gasteiger partial charge on any atom is -0.0690 e. The van der Waals surface area contributed by atoms with E-state index in [0.29, 0.717) is 0 Å². The topological polar surface area (TPSA) is 0 Å². The molecule has 3 rings (SSSR count). The van der Waals surface area contributed by atoms with E-state index in [4.69, 9.17) is 0 Å². The van der Waals surface area contributed by atoms with Gasteiger partial charge in [-0.05, 0) is 29.5 Å². The van der Waals surface area contributed by atoms with E-state index >= 15 is 0 Å². The molecule has 0 amide bonds. The van der Waals surface area contributed by atoms with Crippen molar-refractivity contribution in [1.29, 1.82) is 0 Å². The molecule has 0 nitrogen and oxygen atoms in total. The first kappa shape index (κ1) is 9.41. The van der Waals surface area contributed by atoms with Gasteiger partial charge in [-0.3, -0.25) is 0 Å². The van der Waals surface area contributed by atoms with Crippen LogP contribution in [0.15, 0.2) is 60.2 Å². The highest BCUT2D eigenvalue weighted by Gasteiger charge is 2.09. The van der Waals surface area contributed by atoms with Crippen molar-refractivity contribution in [2.24, 2.45) is 0 Å². The van der Waals surface area contributed by atoms with Gasteiger partial charge in [0, 0.05) is 0 Å². The van der Waals surface area contributed by atoms with Crippen LogP contribution in [0.5, 0.6) is 0 Å². The molecule has 0 spiro atoms. The monoisotopic (exact) mass is 206 g/mol. The lowest BCUT2D eigenvalue weighted by Crippen LogP contribution is -1.77. The highest BCUT2D eigenvalue weighted by molar-refractivity contribution is 5.66. The second kappa shape index (κ2) is 3.97. The van der Waals surface area contributed by atoms with Crippen molar-refractivity contribution >= 4 is 6.08 Å². The van der Waals surface area contributed by atoms with Crippen LogP contribution < -0.4 is 0 Å². The number of hydrogen-bond acceptors (Lipinski definition) is 0. The maximum atomic E-state index is 2.30. The van der Waals surface area contributed by atoms with Gasteiger partial charge in [0.25, 0.3) is 0 Å². The SMILES string of the molecule is C(=C1CC1)c1ccc(-c2ccccc2)cc1. The first-order chi connectivity index (χ1) is 7.92. The first-order valence-corrected chi connectivity index (χ1v) is 5.77. The Balaban J connectivity index is 1.90.